The van der Waals surface area contributed by atoms with E-state index in [0.29, 0.717) is 23.1 Å². The molecule has 0 aromatic heterocycles. The molecule has 142 valence electrons. The van der Waals surface area contributed by atoms with Crippen molar-refractivity contribution in [1.82, 2.24) is 0 Å². The lowest BCUT2D eigenvalue weighted by molar-refractivity contribution is -0.110. The number of carbonyl (C=O) groups excluding carboxylic acids is 2. The van der Waals surface area contributed by atoms with Crippen molar-refractivity contribution < 1.29 is 14.0 Å². The SMILES string of the molecule is C=C(C)c1ccc(/C(=C/C(C)=C2\C(=O)Nc3cc(C=O)c(F)cc32)CC)cc1. The molecule has 0 atom stereocenters. The highest BCUT2D eigenvalue weighted by atomic mass is 19.1. The van der Waals surface area contributed by atoms with E-state index in [1.54, 1.807) is 0 Å². The lowest BCUT2D eigenvalue weighted by Crippen LogP contribution is -2.05. The molecule has 0 saturated carbocycles. The normalized spacial score (nSPS) is 15.1. The standard InChI is InChI=1S/C24H22FNO2/c1-5-16(18-8-6-17(7-9-18)14(2)3)10-15(4)23-20-12-21(25)19(13-27)11-22(20)26-24(23)28/h6-13H,2,5H2,1,3-4H3,(H,26,28)/b16-10+,23-15-. The number of aldehydes is 1. The van der Waals surface area contributed by atoms with Crippen molar-refractivity contribution >= 4 is 34.6 Å². The zero-order valence-electron chi connectivity index (χ0n) is 16.2. The molecule has 1 amide bonds. The number of hydrogen-bond acceptors (Lipinski definition) is 2. The van der Waals surface area contributed by atoms with Crippen molar-refractivity contribution in [2.75, 3.05) is 5.32 Å². The van der Waals surface area contributed by atoms with Gasteiger partial charge in [0.15, 0.2) is 6.29 Å². The molecule has 1 aliphatic heterocycles. The predicted molar refractivity (Wildman–Crippen MR) is 112 cm³/mol. The largest absolute Gasteiger partial charge is 0.321 e. The Labute approximate surface area is 164 Å². The van der Waals surface area contributed by atoms with Crippen LogP contribution in [0.5, 0.6) is 0 Å². The van der Waals surface area contributed by atoms with Crippen LogP contribution in [0.3, 0.4) is 0 Å². The van der Waals surface area contributed by atoms with E-state index >= 15 is 0 Å². The van der Waals surface area contributed by atoms with Crippen LogP contribution in [0.4, 0.5) is 10.1 Å². The molecule has 0 fully saturated rings. The van der Waals surface area contributed by atoms with Crippen LogP contribution in [-0.4, -0.2) is 12.2 Å². The summed E-state index contributed by atoms with van der Waals surface area (Å²) in [5.41, 5.74) is 6.27. The number of allylic oxidation sites excluding steroid dienone is 4. The molecular weight excluding hydrogens is 353 g/mol. The van der Waals surface area contributed by atoms with Gasteiger partial charge in [0, 0.05) is 5.56 Å². The van der Waals surface area contributed by atoms with E-state index < -0.39 is 5.82 Å². The fourth-order valence-corrected chi connectivity index (χ4v) is 3.38. The van der Waals surface area contributed by atoms with Crippen molar-refractivity contribution in [3.8, 4) is 0 Å². The van der Waals surface area contributed by atoms with Crippen molar-refractivity contribution in [2.24, 2.45) is 0 Å². The number of benzene rings is 2. The topological polar surface area (TPSA) is 46.2 Å². The average molecular weight is 375 g/mol. The molecule has 1 aliphatic rings. The molecule has 3 nitrogen and oxygen atoms in total. The van der Waals surface area contributed by atoms with Crippen molar-refractivity contribution in [1.29, 1.82) is 0 Å². The minimum absolute atomic E-state index is 0.0691. The smallest absolute Gasteiger partial charge is 0.256 e. The lowest BCUT2D eigenvalue weighted by Gasteiger charge is -2.09. The molecular formula is C24H22FNO2. The molecule has 0 spiro atoms. The maximum absolute atomic E-state index is 14.1. The fraction of sp³-hybridized carbons (Fsp3) is 0.167. The van der Waals surface area contributed by atoms with Gasteiger partial charge in [0.1, 0.15) is 5.82 Å². The number of carbonyl (C=O) groups is 2. The summed E-state index contributed by atoms with van der Waals surface area (Å²) in [4.78, 5) is 23.4. The van der Waals surface area contributed by atoms with Gasteiger partial charge in [0.25, 0.3) is 5.91 Å². The quantitative estimate of drug-likeness (QED) is 0.523. The Morgan fingerprint density at radius 3 is 2.36 bits per heavy atom. The Kier molecular flexibility index (Phi) is 5.41. The molecule has 28 heavy (non-hydrogen) atoms. The summed E-state index contributed by atoms with van der Waals surface area (Å²) in [7, 11) is 0. The van der Waals surface area contributed by atoms with E-state index in [1.807, 2.05) is 44.2 Å². The maximum Gasteiger partial charge on any atom is 0.256 e. The van der Waals surface area contributed by atoms with Gasteiger partial charge in [-0.2, -0.15) is 0 Å². The maximum atomic E-state index is 14.1. The number of hydrogen-bond donors (Lipinski definition) is 1. The molecule has 2 aromatic rings. The first-order valence-corrected chi connectivity index (χ1v) is 9.14. The third-order valence-electron chi connectivity index (χ3n) is 4.92. The van der Waals surface area contributed by atoms with E-state index in [-0.39, 0.29) is 11.5 Å². The van der Waals surface area contributed by atoms with Crippen LogP contribution in [0.1, 0.15) is 54.2 Å². The molecule has 0 saturated heterocycles. The van der Waals surface area contributed by atoms with E-state index in [1.165, 1.54) is 12.1 Å². The van der Waals surface area contributed by atoms with Crippen molar-refractivity contribution in [3.63, 3.8) is 0 Å². The minimum atomic E-state index is -0.634. The van der Waals surface area contributed by atoms with E-state index in [4.69, 9.17) is 0 Å². The summed E-state index contributed by atoms with van der Waals surface area (Å²) >= 11 is 0. The highest BCUT2D eigenvalue weighted by molar-refractivity contribution is 6.32. The van der Waals surface area contributed by atoms with Crippen LogP contribution in [0, 0.1) is 5.82 Å². The molecule has 2 aromatic carbocycles. The summed E-state index contributed by atoms with van der Waals surface area (Å²) in [5, 5.41) is 2.72. The van der Waals surface area contributed by atoms with Gasteiger partial charge in [-0.3, -0.25) is 9.59 Å². The number of rotatable bonds is 5. The summed E-state index contributed by atoms with van der Waals surface area (Å²) in [6.45, 7) is 9.81. The number of fused-ring (bicyclic) bond motifs is 1. The highest BCUT2D eigenvalue weighted by Crippen LogP contribution is 2.36. The van der Waals surface area contributed by atoms with Gasteiger partial charge in [0.05, 0.1) is 16.8 Å². The molecule has 1 N–H and O–H groups in total. The molecule has 0 bridgehead atoms. The molecule has 0 unspecified atom stereocenters. The summed E-state index contributed by atoms with van der Waals surface area (Å²) in [6, 6.07) is 10.7. The first-order chi connectivity index (χ1) is 13.3. The van der Waals surface area contributed by atoms with Gasteiger partial charge in [-0.1, -0.05) is 49.4 Å². The third-order valence-corrected chi connectivity index (χ3v) is 4.92. The fourth-order valence-electron chi connectivity index (χ4n) is 3.38. The molecule has 3 rings (SSSR count). The second kappa shape index (κ2) is 7.77. The summed E-state index contributed by atoms with van der Waals surface area (Å²) < 4.78 is 14.1. The number of amides is 1. The lowest BCUT2D eigenvalue weighted by atomic mass is 9.95. The van der Waals surface area contributed by atoms with E-state index in [2.05, 4.69) is 18.8 Å². The average Bonchev–Trinajstić information content (AvgIpc) is 2.99. The Morgan fingerprint density at radius 1 is 1.14 bits per heavy atom. The second-order valence-electron chi connectivity index (χ2n) is 6.93. The monoisotopic (exact) mass is 375 g/mol. The zero-order chi connectivity index (χ0) is 20.4. The molecule has 1 heterocycles. The van der Waals surface area contributed by atoms with Gasteiger partial charge >= 0.3 is 0 Å². The second-order valence-corrected chi connectivity index (χ2v) is 6.93. The van der Waals surface area contributed by atoms with Gasteiger partial charge in [-0.05, 0) is 54.7 Å². The van der Waals surface area contributed by atoms with Crippen molar-refractivity contribution in [3.05, 3.63) is 82.7 Å². The van der Waals surface area contributed by atoms with Crippen LogP contribution in [-0.2, 0) is 4.79 Å². The van der Waals surface area contributed by atoms with Crippen molar-refractivity contribution in [2.45, 2.75) is 27.2 Å². The van der Waals surface area contributed by atoms with E-state index in [9.17, 15) is 14.0 Å². The first-order valence-electron chi connectivity index (χ1n) is 9.14. The van der Waals surface area contributed by atoms with E-state index in [0.717, 1.165) is 34.3 Å². The van der Waals surface area contributed by atoms with Gasteiger partial charge in [-0.15, -0.1) is 0 Å². The highest BCUT2D eigenvalue weighted by Gasteiger charge is 2.27. The van der Waals surface area contributed by atoms with Crippen LogP contribution in [0.15, 0.2) is 54.6 Å². The number of nitrogens with one attached hydrogen (secondary N) is 1. The third kappa shape index (κ3) is 3.58. The summed E-state index contributed by atoms with van der Waals surface area (Å²) in [6.07, 6.45) is 3.19. The number of halogens is 1. The Hall–Kier alpha value is -3.27. The van der Waals surface area contributed by atoms with Gasteiger partial charge in [0.2, 0.25) is 0 Å². The Bertz CT molecular complexity index is 1040. The Balaban J connectivity index is 2.06. The number of anilines is 1. The van der Waals surface area contributed by atoms with Gasteiger partial charge in [-0.25, -0.2) is 4.39 Å². The Morgan fingerprint density at radius 2 is 1.79 bits per heavy atom. The van der Waals surface area contributed by atoms with Crippen LogP contribution >= 0.6 is 0 Å². The first kappa shape index (κ1) is 19.5. The molecule has 0 aliphatic carbocycles. The molecule has 4 heteroatoms. The minimum Gasteiger partial charge on any atom is -0.321 e. The van der Waals surface area contributed by atoms with Gasteiger partial charge < -0.3 is 5.32 Å². The molecule has 0 radical (unpaired) electrons. The zero-order valence-corrected chi connectivity index (χ0v) is 16.2. The predicted octanol–water partition coefficient (Wildman–Crippen LogP) is 5.89. The van der Waals surface area contributed by atoms with Crippen LogP contribution in [0.2, 0.25) is 0 Å². The van der Waals surface area contributed by atoms with Crippen LogP contribution < -0.4 is 5.32 Å². The summed E-state index contributed by atoms with van der Waals surface area (Å²) in [5.74, 6) is -0.926. The van der Waals surface area contributed by atoms with Crippen LogP contribution in [0.25, 0.3) is 16.7 Å².